The number of amides is 2. The molecule has 13 heteroatoms. The van der Waals surface area contributed by atoms with Crippen LogP contribution in [0.15, 0.2) is 73.4 Å². The van der Waals surface area contributed by atoms with Crippen molar-refractivity contribution in [1.29, 1.82) is 0 Å². The number of nitrogens with two attached hydrogens (primary N) is 1. The van der Waals surface area contributed by atoms with Gasteiger partial charge in [-0.1, -0.05) is 30.0 Å². The number of urea groups is 1. The lowest BCUT2D eigenvalue weighted by molar-refractivity contribution is 0.262. The summed E-state index contributed by atoms with van der Waals surface area (Å²) < 4.78 is 35.2. The number of hydrogen-bond donors (Lipinski definition) is 3. The first kappa shape index (κ1) is 21.6. The van der Waals surface area contributed by atoms with Gasteiger partial charge < -0.3 is 16.4 Å². The van der Waals surface area contributed by atoms with Gasteiger partial charge in [-0.25, -0.2) is 24.8 Å². The largest absolute Gasteiger partial charge is 0.385 e. The van der Waals surface area contributed by atoms with E-state index in [1.165, 1.54) is 30.2 Å². The number of aliphatic imine (C=N–C) groups is 4. The highest BCUT2D eigenvalue weighted by molar-refractivity contribution is 8.13. The highest BCUT2D eigenvalue weighted by atomic mass is 32.3. The summed E-state index contributed by atoms with van der Waals surface area (Å²) in [5, 5.41) is 5.67. The van der Waals surface area contributed by atoms with Crippen molar-refractivity contribution in [3.05, 3.63) is 54.1 Å². The Hall–Kier alpha value is -3.58. The van der Waals surface area contributed by atoms with Gasteiger partial charge in [-0.2, -0.15) is 8.42 Å². The van der Waals surface area contributed by atoms with Crippen molar-refractivity contribution in [3.63, 3.8) is 0 Å². The molecule has 0 fully saturated rings. The van der Waals surface area contributed by atoms with E-state index < -0.39 is 27.2 Å². The summed E-state index contributed by atoms with van der Waals surface area (Å²) >= 11 is 1.40. The van der Waals surface area contributed by atoms with Crippen molar-refractivity contribution in [1.82, 2.24) is 0 Å². The van der Waals surface area contributed by atoms with E-state index in [9.17, 15) is 17.1 Å². The third-order valence-corrected chi connectivity index (χ3v) is 6.05. The van der Waals surface area contributed by atoms with Crippen LogP contribution >= 0.6 is 11.8 Å². The van der Waals surface area contributed by atoms with Crippen LogP contribution in [-0.4, -0.2) is 43.7 Å². The van der Waals surface area contributed by atoms with Crippen molar-refractivity contribution in [2.45, 2.75) is 16.7 Å². The number of thioether (sulfide) groups is 1. The maximum absolute atomic E-state index is 13.1. The van der Waals surface area contributed by atoms with Gasteiger partial charge in [-0.05, 0) is 35.9 Å². The van der Waals surface area contributed by atoms with E-state index in [1.54, 1.807) is 18.2 Å². The number of carbonyl (C=O) groups is 1. The van der Waals surface area contributed by atoms with E-state index in [1.807, 2.05) is 6.07 Å². The molecule has 0 radical (unpaired) electrons. The van der Waals surface area contributed by atoms with Gasteiger partial charge in [0.15, 0.2) is 17.0 Å². The molecule has 32 heavy (non-hydrogen) atoms. The van der Waals surface area contributed by atoms with Crippen LogP contribution < -0.4 is 16.4 Å². The van der Waals surface area contributed by atoms with Crippen LogP contribution in [0.25, 0.3) is 0 Å². The van der Waals surface area contributed by atoms with E-state index in [-0.39, 0.29) is 5.69 Å². The number of benzene rings is 2. The number of hydrogen-bond acceptors (Lipinski definition) is 9. The molecule has 2 aromatic carbocycles. The second-order valence-corrected chi connectivity index (χ2v) is 8.91. The van der Waals surface area contributed by atoms with E-state index in [0.29, 0.717) is 28.3 Å². The van der Waals surface area contributed by atoms with Crippen LogP contribution in [0.5, 0.6) is 0 Å². The summed E-state index contributed by atoms with van der Waals surface area (Å²) in [6.07, 6.45) is 1.35. The molecule has 2 aliphatic heterocycles. The standard InChI is InChI=1S/C19H16FN7O3S2/c20-32(29,30)14-6-2-5-13(8-14)25-18(28)24-12-4-1-3-11(7-12)9-31-19-26-15-16(21)22-10-23-17(15)27-19/h1-8,10,15H,9H2,(H2,24,25,28)(H2,21,22,23,26,27). The molecule has 2 aliphatic rings. The number of amidine groups is 3. The van der Waals surface area contributed by atoms with Crippen LogP contribution in [0.3, 0.4) is 0 Å². The lowest BCUT2D eigenvalue weighted by atomic mass is 10.2. The molecule has 0 saturated carbocycles. The van der Waals surface area contributed by atoms with E-state index >= 15 is 0 Å². The minimum Gasteiger partial charge on any atom is -0.385 e. The van der Waals surface area contributed by atoms with E-state index in [2.05, 4.69) is 30.6 Å². The average Bonchev–Trinajstić information content (AvgIpc) is 3.17. The fourth-order valence-electron chi connectivity index (χ4n) is 2.85. The summed E-state index contributed by atoms with van der Waals surface area (Å²) in [7, 11) is -4.86. The molecule has 0 aliphatic carbocycles. The van der Waals surface area contributed by atoms with Crippen LogP contribution in [0.2, 0.25) is 0 Å². The topological polar surface area (TPSA) is 151 Å². The summed E-state index contributed by atoms with van der Waals surface area (Å²) in [5.74, 6) is 1.40. The van der Waals surface area contributed by atoms with Gasteiger partial charge in [-0.3, -0.25) is 0 Å². The van der Waals surface area contributed by atoms with Gasteiger partial charge in [0.1, 0.15) is 17.1 Å². The monoisotopic (exact) mass is 473 g/mol. The Morgan fingerprint density at radius 2 is 1.84 bits per heavy atom. The Kier molecular flexibility index (Phi) is 6.01. The third kappa shape index (κ3) is 5.18. The summed E-state index contributed by atoms with van der Waals surface area (Å²) in [5.41, 5.74) is 7.37. The fraction of sp³-hybridized carbons (Fsp3) is 0.105. The molecular weight excluding hydrogens is 457 g/mol. The molecule has 10 nitrogen and oxygen atoms in total. The SMILES string of the molecule is NC1=NC=NC2=NC(SCc3cccc(NC(=O)Nc4cccc(S(=O)(=O)F)c4)c3)=NC12. The maximum Gasteiger partial charge on any atom is 0.332 e. The third-order valence-electron chi connectivity index (χ3n) is 4.30. The molecular formula is C19H16FN7O3S2. The highest BCUT2D eigenvalue weighted by Crippen LogP contribution is 2.23. The fourth-order valence-corrected chi connectivity index (χ4v) is 4.18. The summed E-state index contributed by atoms with van der Waals surface area (Å²) in [6, 6.07) is 11.0. The number of halogens is 1. The van der Waals surface area contributed by atoms with E-state index in [4.69, 9.17) is 5.73 Å². The second kappa shape index (κ2) is 8.88. The van der Waals surface area contributed by atoms with Gasteiger partial charge in [0.05, 0.1) is 0 Å². The zero-order valence-corrected chi connectivity index (χ0v) is 17.9. The normalized spacial score (nSPS) is 17.2. The van der Waals surface area contributed by atoms with Crippen molar-refractivity contribution in [2.75, 3.05) is 10.6 Å². The molecule has 0 spiro atoms. The lowest BCUT2D eigenvalue weighted by Crippen LogP contribution is -2.34. The molecule has 2 amide bonds. The smallest absolute Gasteiger partial charge is 0.332 e. The first-order valence-electron chi connectivity index (χ1n) is 9.14. The maximum atomic E-state index is 13.1. The van der Waals surface area contributed by atoms with Gasteiger partial charge in [0, 0.05) is 17.1 Å². The van der Waals surface area contributed by atoms with Crippen LogP contribution in [0.1, 0.15) is 5.56 Å². The number of anilines is 2. The Morgan fingerprint density at radius 1 is 1.12 bits per heavy atom. The first-order valence-corrected chi connectivity index (χ1v) is 11.5. The molecule has 4 N–H and O–H groups in total. The lowest BCUT2D eigenvalue weighted by Gasteiger charge is -2.09. The number of carbonyl (C=O) groups excluding carboxylic acids is 1. The number of fused-ring (bicyclic) bond motifs is 1. The Bertz CT molecular complexity index is 1310. The Morgan fingerprint density at radius 3 is 2.56 bits per heavy atom. The molecule has 164 valence electrons. The summed E-state index contributed by atoms with van der Waals surface area (Å²) in [6.45, 7) is 0. The Balaban J connectivity index is 1.36. The van der Waals surface area contributed by atoms with Gasteiger partial charge in [0.2, 0.25) is 0 Å². The highest BCUT2D eigenvalue weighted by Gasteiger charge is 2.27. The van der Waals surface area contributed by atoms with Crippen molar-refractivity contribution in [3.8, 4) is 0 Å². The molecule has 1 atom stereocenters. The molecule has 1 unspecified atom stereocenters. The molecule has 0 saturated heterocycles. The van der Waals surface area contributed by atoms with Gasteiger partial charge in [0.25, 0.3) is 0 Å². The average molecular weight is 474 g/mol. The number of nitrogens with one attached hydrogen (secondary N) is 2. The molecule has 4 rings (SSSR count). The number of nitrogens with zero attached hydrogens (tertiary/aromatic N) is 4. The van der Waals surface area contributed by atoms with Crippen LogP contribution in [0, 0.1) is 0 Å². The minimum atomic E-state index is -4.86. The molecule has 0 aromatic heterocycles. The molecule has 0 bridgehead atoms. The van der Waals surface area contributed by atoms with Crippen molar-refractivity contribution < 1.29 is 17.1 Å². The number of rotatable bonds is 5. The minimum absolute atomic E-state index is 0.137. The van der Waals surface area contributed by atoms with Crippen molar-refractivity contribution in [2.24, 2.45) is 25.7 Å². The predicted molar refractivity (Wildman–Crippen MR) is 124 cm³/mol. The van der Waals surface area contributed by atoms with Gasteiger partial charge in [-0.15, -0.1) is 3.89 Å². The van der Waals surface area contributed by atoms with Crippen LogP contribution in [0.4, 0.5) is 20.1 Å². The zero-order chi connectivity index (χ0) is 22.7. The van der Waals surface area contributed by atoms with E-state index in [0.717, 1.165) is 17.7 Å². The van der Waals surface area contributed by atoms with Crippen LogP contribution in [-0.2, 0) is 16.0 Å². The quantitative estimate of drug-likeness (QED) is 0.571. The Labute approximate surface area is 186 Å². The second-order valence-electron chi connectivity index (χ2n) is 6.62. The summed E-state index contributed by atoms with van der Waals surface area (Å²) in [4.78, 5) is 28.5. The zero-order valence-electron chi connectivity index (χ0n) is 16.3. The predicted octanol–water partition coefficient (Wildman–Crippen LogP) is 2.76. The molecule has 2 aromatic rings. The molecule has 2 heterocycles. The van der Waals surface area contributed by atoms with Crippen molar-refractivity contribution >= 4 is 62.6 Å². The first-order chi connectivity index (χ1) is 15.3. The van der Waals surface area contributed by atoms with Gasteiger partial charge >= 0.3 is 16.3 Å².